The highest BCUT2D eigenvalue weighted by atomic mass is 16.5. The van der Waals surface area contributed by atoms with E-state index in [4.69, 9.17) is 4.52 Å². The summed E-state index contributed by atoms with van der Waals surface area (Å²) in [5.41, 5.74) is 5.51. The number of allylic oxidation sites excluding steroid dienone is 1. The molecule has 1 amide bonds. The molecule has 294 valence electrons. The highest BCUT2D eigenvalue weighted by Gasteiger charge is 2.24. The summed E-state index contributed by atoms with van der Waals surface area (Å²) in [6.45, 7) is 11.5. The molecule has 5 rings (SSSR count). The van der Waals surface area contributed by atoms with Crippen LogP contribution in [-0.2, 0) is 14.1 Å². The number of carbonyl (C=O) groups is 3. The molecular formula is C42H56N8O5. The average Bonchev–Trinajstić information content (AvgIpc) is 3.71. The second-order valence-electron chi connectivity index (χ2n) is 12.4. The van der Waals surface area contributed by atoms with Gasteiger partial charge in [0.15, 0.2) is 18.4 Å². The van der Waals surface area contributed by atoms with E-state index < -0.39 is 0 Å². The monoisotopic (exact) mass is 752 g/mol. The molecule has 0 spiro atoms. The Morgan fingerprint density at radius 1 is 0.982 bits per heavy atom. The zero-order valence-corrected chi connectivity index (χ0v) is 34.2. The summed E-state index contributed by atoms with van der Waals surface area (Å²) in [7, 11) is 11.1. The second-order valence-corrected chi connectivity index (χ2v) is 12.4. The number of benzene rings is 2. The van der Waals surface area contributed by atoms with Gasteiger partial charge in [-0.1, -0.05) is 45.0 Å². The predicted octanol–water partition coefficient (Wildman–Crippen LogP) is 7.69. The van der Waals surface area contributed by atoms with Crippen LogP contribution in [0, 0.1) is 13.8 Å². The van der Waals surface area contributed by atoms with Crippen molar-refractivity contribution in [3.8, 4) is 11.1 Å². The van der Waals surface area contributed by atoms with Crippen molar-refractivity contribution < 1.29 is 18.9 Å². The molecule has 13 nitrogen and oxygen atoms in total. The molecule has 0 fully saturated rings. The fourth-order valence-corrected chi connectivity index (χ4v) is 5.71. The van der Waals surface area contributed by atoms with Crippen LogP contribution in [0.15, 0.2) is 88.5 Å². The molecule has 5 aromatic rings. The highest BCUT2D eigenvalue weighted by molar-refractivity contribution is 6.04. The van der Waals surface area contributed by atoms with E-state index in [2.05, 4.69) is 20.7 Å². The Labute approximate surface area is 324 Å². The van der Waals surface area contributed by atoms with Gasteiger partial charge in [0.2, 0.25) is 0 Å². The Bertz CT molecular complexity index is 2050. The molecule has 3 aromatic heterocycles. The molecule has 0 aliphatic carbocycles. The number of hydrogen-bond donors (Lipinski definition) is 2. The first-order valence-corrected chi connectivity index (χ1v) is 18.1. The van der Waals surface area contributed by atoms with Gasteiger partial charge < -0.3 is 25.0 Å². The van der Waals surface area contributed by atoms with E-state index in [1.807, 2.05) is 114 Å². The largest absolute Gasteiger partial charge is 0.388 e. The van der Waals surface area contributed by atoms with Crippen molar-refractivity contribution in [3.63, 3.8) is 0 Å². The summed E-state index contributed by atoms with van der Waals surface area (Å²) >= 11 is 0. The third kappa shape index (κ3) is 12.4. The Morgan fingerprint density at radius 2 is 1.65 bits per heavy atom. The summed E-state index contributed by atoms with van der Waals surface area (Å²) in [4.78, 5) is 55.9. The van der Waals surface area contributed by atoms with Gasteiger partial charge in [-0.15, -0.1) is 0 Å². The van der Waals surface area contributed by atoms with E-state index in [0.29, 0.717) is 52.2 Å². The molecule has 0 aliphatic rings. The third-order valence-electron chi connectivity index (χ3n) is 8.18. The Kier molecular flexibility index (Phi) is 18.0. The van der Waals surface area contributed by atoms with Crippen LogP contribution in [0.4, 0.5) is 17.2 Å². The summed E-state index contributed by atoms with van der Waals surface area (Å²) in [5.74, 6) is 0.945. The van der Waals surface area contributed by atoms with Gasteiger partial charge in [-0.3, -0.25) is 23.9 Å². The van der Waals surface area contributed by atoms with E-state index in [-0.39, 0.29) is 23.2 Å². The molecule has 0 bridgehead atoms. The lowest BCUT2D eigenvalue weighted by molar-refractivity contribution is 0.102. The van der Waals surface area contributed by atoms with Crippen LogP contribution in [0.1, 0.15) is 88.4 Å². The number of aldehydes is 2. The minimum absolute atomic E-state index is 0.166. The molecular weight excluding hydrogens is 697 g/mol. The topological polar surface area (TPSA) is 148 Å². The van der Waals surface area contributed by atoms with Gasteiger partial charge in [0.05, 0.1) is 11.6 Å². The van der Waals surface area contributed by atoms with Crippen molar-refractivity contribution in [1.29, 1.82) is 0 Å². The molecule has 3 heterocycles. The van der Waals surface area contributed by atoms with Crippen LogP contribution in [0.5, 0.6) is 0 Å². The summed E-state index contributed by atoms with van der Waals surface area (Å²) in [6.07, 6.45) is 7.92. The van der Waals surface area contributed by atoms with Crippen LogP contribution in [0.25, 0.3) is 11.1 Å². The lowest BCUT2D eigenvalue weighted by atomic mass is 9.95. The molecule has 0 saturated heterocycles. The fraction of sp³-hybridized carbons (Fsp3) is 0.333. The lowest BCUT2D eigenvalue weighted by Gasteiger charge is -2.31. The average molecular weight is 753 g/mol. The first-order chi connectivity index (χ1) is 26.3. The smallest absolute Gasteiger partial charge is 0.290 e. The Balaban J connectivity index is 0.000000350. The molecule has 0 radical (unpaired) electrons. The highest BCUT2D eigenvalue weighted by Crippen LogP contribution is 2.33. The molecule has 13 heteroatoms. The number of pyridine rings is 1. The van der Waals surface area contributed by atoms with Crippen molar-refractivity contribution in [3.05, 3.63) is 123 Å². The number of aromatic nitrogens is 4. The number of hydrogen-bond acceptors (Lipinski definition) is 10. The number of rotatable bonds is 11. The van der Waals surface area contributed by atoms with Crippen molar-refractivity contribution in [2.75, 3.05) is 43.7 Å². The van der Waals surface area contributed by atoms with E-state index in [9.17, 15) is 19.2 Å². The van der Waals surface area contributed by atoms with E-state index in [1.54, 1.807) is 63.1 Å². The summed E-state index contributed by atoms with van der Waals surface area (Å²) in [6, 6.07) is 18.1. The molecule has 1 atom stereocenters. The second kappa shape index (κ2) is 22.1. The maximum absolute atomic E-state index is 12.3. The van der Waals surface area contributed by atoms with Crippen molar-refractivity contribution in [1.82, 2.24) is 24.4 Å². The van der Waals surface area contributed by atoms with E-state index in [1.165, 1.54) is 4.74 Å². The van der Waals surface area contributed by atoms with Gasteiger partial charge in [0.25, 0.3) is 11.5 Å². The van der Waals surface area contributed by atoms with Gasteiger partial charge in [0.1, 0.15) is 11.5 Å². The lowest BCUT2D eigenvalue weighted by Crippen LogP contribution is -2.26. The van der Waals surface area contributed by atoms with Gasteiger partial charge >= 0.3 is 0 Å². The zero-order chi connectivity index (χ0) is 41.2. The molecule has 0 saturated carbocycles. The maximum atomic E-state index is 12.3. The van der Waals surface area contributed by atoms with Crippen molar-refractivity contribution in [2.24, 2.45) is 14.1 Å². The maximum Gasteiger partial charge on any atom is 0.290 e. The van der Waals surface area contributed by atoms with Gasteiger partial charge in [-0.2, -0.15) is 9.84 Å². The number of aryl methyl sites for hydroxylation is 4. The molecule has 1 unspecified atom stereocenters. The Morgan fingerprint density at radius 3 is 2.13 bits per heavy atom. The van der Waals surface area contributed by atoms with E-state index in [0.717, 1.165) is 23.2 Å². The van der Waals surface area contributed by atoms with Crippen molar-refractivity contribution >= 4 is 35.7 Å². The van der Waals surface area contributed by atoms with Gasteiger partial charge in [-0.05, 0) is 75.4 Å². The number of nitrogens with zero attached hydrogens (tertiary/aromatic N) is 6. The van der Waals surface area contributed by atoms with Crippen LogP contribution < -0.4 is 21.1 Å². The third-order valence-corrected chi connectivity index (χ3v) is 8.18. The minimum atomic E-state index is -0.215. The van der Waals surface area contributed by atoms with Gasteiger partial charge in [-0.25, -0.2) is 4.98 Å². The minimum Gasteiger partial charge on any atom is -0.388 e. The molecule has 2 aromatic carbocycles. The van der Waals surface area contributed by atoms with Crippen molar-refractivity contribution in [2.45, 2.75) is 54.0 Å². The molecule has 55 heavy (non-hydrogen) atoms. The summed E-state index contributed by atoms with van der Waals surface area (Å²) < 4.78 is 8.22. The quantitative estimate of drug-likeness (QED) is 0.129. The first-order valence-electron chi connectivity index (χ1n) is 18.1. The van der Waals surface area contributed by atoms with Crippen LogP contribution in [0.3, 0.4) is 0 Å². The zero-order valence-electron chi connectivity index (χ0n) is 34.2. The van der Waals surface area contributed by atoms with Crippen LogP contribution >= 0.6 is 0 Å². The molecule has 2 N–H and O–H groups in total. The number of anilines is 3. The standard InChI is InChI=1S/C23H25N3O4.C12H14N4O.C5H11N.C2H6/c1-6-20(22-17(12-27)11-14(2)24-19(22)13-28)25(4)18-9-7-16(8-10-18)21-15(3)30-26(5)23(21)29;1-13-10-5-3-4-9(8-10)12(17)14-11-6-7-16(2)15-11;1-4-5-6(2)3;1-2/h7-13,20H,6H2,1-5H3;3-8,13H,1-2H3,(H,14,15,17);4-5H,1-3H3;1-2H3/b;;5-4-;. The van der Waals surface area contributed by atoms with Gasteiger partial charge in [0, 0.05) is 88.3 Å². The van der Waals surface area contributed by atoms with Crippen LogP contribution in [-0.4, -0.2) is 71.1 Å². The normalized spacial score (nSPS) is 10.8. The van der Waals surface area contributed by atoms with E-state index >= 15 is 0 Å². The van der Waals surface area contributed by atoms with Crippen LogP contribution in [0.2, 0.25) is 0 Å². The molecule has 0 aliphatic heterocycles. The number of amides is 1. The predicted molar refractivity (Wildman–Crippen MR) is 222 cm³/mol. The Hall–Kier alpha value is -6.24. The summed E-state index contributed by atoms with van der Waals surface area (Å²) in [5, 5.41) is 9.81. The SMILES string of the molecule is C/C=C\N(C)C.CC.CCC(c1c(C=O)cc(C)nc1C=O)N(C)c1ccc(-c2c(C)on(C)c2=O)cc1.CNc1cccc(C(=O)Nc2ccn(C)n2)c1. The number of nitrogens with one attached hydrogen (secondary N) is 2. The number of carbonyl (C=O) groups excluding carboxylic acids is 3. The first kappa shape index (κ1) is 44.9. The fourth-order valence-electron chi connectivity index (χ4n) is 5.71.